The van der Waals surface area contributed by atoms with Gasteiger partial charge >= 0.3 is 15.6 Å². The third-order valence-electron chi connectivity index (χ3n) is 3.40. The van der Waals surface area contributed by atoms with E-state index in [9.17, 15) is 34.8 Å². The summed E-state index contributed by atoms with van der Waals surface area (Å²) in [6.07, 6.45) is 0. The summed E-state index contributed by atoms with van der Waals surface area (Å²) in [5.41, 5.74) is -8.44. The van der Waals surface area contributed by atoms with Crippen LogP contribution in [0.5, 0.6) is 0 Å². The Bertz CT molecular complexity index is 1030. The van der Waals surface area contributed by atoms with Crippen molar-refractivity contribution >= 4 is 25.7 Å². The molecular weight excluding hydrogens is 409 g/mol. The minimum absolute atomic E-state index is 0.317. The zero-order valence-corrected chi connectivity index (χ0v) is 15.3. The lowest BCUT2D eigenvalue weighted by atomic mass is 10.1. The fraction of sp³-hybridized carbons (Fsp3) is 0.188. The van der Waals surface area contributed by atoms with Crippen molar-refractivity contribution in [2.24, 2.45) is 0 Å². The summed E-state index contributed by atoms with van der Waals surface area (Å²) in [5.74, 6) is -1.44. The van der Waals surface area contributed by atoms with Gasteiger partial charge in [0, 0.05) is 5.56 Å². The maximum absolute atomic E-state index is 12.7. The quantitative estimate of drug-likeness (QED) is 0.404. The molecule has 27 heavy (non-hydrogen) atoms. The number of alkyl halides is 3. The van der Waals surface area contributed by atoms with Gasteiger partial charge in [-0.25, -0.2) is 12.6 Å². The van der Waals surface area contributed by atoms with Gasteiger partial charge in [-0.2, -0.15) is 21.6 Å². The Kier molecular flexibility index (Phi) is 5.78. The van der Waals surface area contributed by atoms with Gasteiger partial charge < -0.3 is 0 Å². The van der Waals surface area contributed by atoms with Crippen LogP contribution in [-0.4, -0.2) is 33.6 Å². The summed E-state index contributed by atoms with van der Waals surface area (Å²) in [4.78, 5) is 12.0. The average Bonchev–Trinajstić information content (AvgIpc) is 2.59. The Balaban J connectivity index is 2.59. The fourth-order valence-electron chi connectivity index (χ4n) is 1.99. The molecule has 1 unspecified atom stereocenters. The molecule has 11 heteroatoms. The second kappa shape index (κ2) is 7.41. The third kappa shape index (κ3) is 4.54. The summed E-state index contributed by atoms with van der Waals surface area (Å²) in [6.45, 7) is 1.66. The van der Waals surface area contributed by atoms with E-state index in [1.807, 2.05) is 0 Å². The maximum atomic E-state index is 12.7. The number of aryl methyl sites for hydroxylation is 1. The van der Waals surface area contributed by atoms with E-state index in [0.29, 0.717) is 5.56 Å². The molecule has 0 radical (unpaired) electrons. The predicted octanol–water partition coefficient (Wildman–Crippen LogP) is 2.84. The molecule has 2 rings (SSSR count). The number of rotatable bonds is 6. The molecule has 0 bridgehead atoms. The van der Waals surface area contributed by atoms with Crippen LogP contribution in [0.15, 0.2) is 59.5 Å². The molecule has 0 fully saturated rings. The molecule has 0 heterocycles. The molecule has 0 aromatic heterocycles. The van der Waals surface area contributed by atoms with Gasteiger partial charge in [-0.05, 0) is 19.1 Å². The fourth-order valence-corrected chi connectivity index (χ4v) is 4.35. The molecule has 0 aliphatic rings. The lowest BCUT2D eigenvalue weighted by Gasteiger charge is -2.18. The molecule has 0 saturated heterocycles. The second-order valence-electron chi connectivity index (χ2n) is 5.42. The summed E-state index contributed by atoms with van der Waals surface area (Å²) in [7, 11) is -11.3. The van der Waals surface area contributed by atoms with Crippen molar-refractivity contribution in [3.8, 4) is 0 Å². The molecule has 146 valence electrons. The van der Waals surface area contributed by atoms with E-state index < -0.39 is 41.6 Å². The Morgan fingerprint density at radius 2 is 1.44 bits per heavy atom. The van der Waals surface area contributed by atoms with Gasteiger partial charge in [0.25, 0.3) is 0 Å². The molecule has 0 N–H and O–H groups in total. The molecule has 6 nitrogen and oxygen atoms in total. The highest BCUT2D eigenvalue weighted by molar-refractivity contribution is 7.94. The average molecular weight is 422 g/mol. The van der Waals surface area contributed by atoms with Crippen molar-refractivity contribution in [2.75, 3.05) is 0 Å². The van der Waals surface area contributed by atoms with Crippen LogP contribution in [0.25, 0.3) is 0 Å². The third-order valence-corrected chi connectivity index (χ3v) is 6.34. The van der Waals surface area contributed by atoms with Crippen molar-refractivity contribution in [1.29, 1.82) is 0 Å². The Hall–Kier alpha value is -2.24. The van der Waals surface area contributed by atoms with Crippen molar-refractivity contribution < 1.29 is 39.0 Å². The topological polar surface area (TPSA) is 94.6 Å². The van der Waals surface area contributed by atoms with Crippen LogP contribution < -0.4 is 0 Å². The van der Waals surface area contributed by atoms with Gasteiger partial charge in [-0.3, -0.25) is 4.79 Å². The normalized spacial score (nSPS) is 13.9. The van der Waals surface area contributed by atoms with Gasteiger partial charge in [0.15, 0.2) is 0 Å². The van der Waals surface area contributed by atoms with Crippen molar-refractivity contribution in [3.63, 3.8) is 0 Å². The highest BCUT2D eigenvalue weighted by Crippen LogP contribution is 2.30. The van der Waals surface area contributed by atoms with E-state index in [2.05, 4.69) is 4.18 Å². The van der Waals surface area contributed by atoms with Crippen LogP contribution in [0.2, 0.25) is 0 Å². The van der Waals surface area contributed by atoms with Gasteiger partial charge in [-0.1, -0.05) is 48.0 Å². The molecule has 0 aliphatic carbocycles. The number of benzene rings is 2. The number of Topliss-reactive ketones (excluding diaryl/α,β-unsaturated/α-hetero) is 1. The second-order valence-corrected chi connectivity index (χ2v) is 8.97. The molecule has 0 saturated carbocycles. The van der Waals surface area contributed by atoms with Crippen molar-refractivity contribution in [2.45, 2.75) is 22.8 Å². The Labute approximate surface area is 153 Å². The first-order valence-electron chi connectivity index (χ1n) is 7.25. The van der Waals surface area contributed by atoms with E-state index in [1.165, 1.54) is 30.3 Å². The van der Waals surface area contributed by atoms with Gasteiger partial charge in [0.2, 0.25) is 21.1 Å². The van der Waals surface area contributed by atoms with Crippen LogP contribution in [0.3, 0.4) is 0 Å². The molecule has 0 aliphatic heterocycles. The van der Waals surface area contributed by atoms with E-state index in [4.69, 9.17) is 0 Å². The molecule has 0 spiro atoms. The largest absolute Gasteiger partial charge is 0.523 e. The van der Waals surface area contributed by atoms with Gasteiger partial charge in [0.1, 0.15) is 0 Å². The number of halogens is 3. The van der Waals surface area contributed by atoms with Crippen LogP contribution in [0, 0.1) is 6.92 Å². The minimum Gasteiger partial charge on any atom is -0.290 e. The summed E-state index contributed by atoms with van der Waals surface area (Å²) in [6, 6.07) is 11.1. The predicted molar refractivity (Wildman–Crippen MR) is 89.0 cm³/mol. The van der Waals surface area contributed by atoms with Crippen molar-refractivity contribution in [3.05, 3.63) is 65.7 Å². The minimum atomic E-state index is -6.35. The number of sulfone groups is 1. The summed E-state index contributed by atoms with van der Waals surface area (Å²) in [5, 5.41) is 0. The first kappa shape index (κ1) is 21.1. The number of carbonyl (C=O) groups is 1. The lowest BCUT2D eigenvalue weighted by molar-refractivity contribution is -0.0544. The summed E-state index contributed by atoms with van der Waals surface area (Å²) >= 11 is 0. The Morgan fingerprint density at radius 3 is 1.93 bits per heavy atom. The van der Waals surface area contributed by atoms with Crippen LogP contribution in [0.4, 0.5) is 13.2 Å². The van der Waals surface area contributed by atoms with E-state index in [-0.39, 0.29) is 5.56 Å². The standard InChI is InChI=1S/C16H13F3O6S2/c1-11-7-9-12(10-8-11)14(20)15(25-27(23,24)16(17,18)19)26(21,22)13-5-3-2-4-6-13/h2-10,15H,1H3. The van der Waals surface area contributed by atoms with Crippen LogP contribution in [-0.2, 0) is 24.1 Å². The number of hydrogen-bond donors (Lipinski definition) is 0. The lowest BCUT2D eigenvalue weighted by Crippen LogP contribution is -2.39. The zero-order valence-electron chi connectivity index (χ0n) is 13.7. The van der Waals surface area contributed by atoms with Crippen molar-refractivity contribution in [1.82, 2.24) is 0 Å². The van der Waals surface area contributed by atoms with Gasteiger partial charge in [-0.15, -0.1) is 0 Å². The molecule has 2 aromatic carbocycles. The van der Waals surface area contributed by atoms with Gasteiger partial charge in [0.05, 0.1) is 4.90 Å². The van der Waals surface area contributed by atoms with Crippen LogP contribution in [0.1, 0.15) is 15.9 Å². The first-order valence-corrected chi connectivity index (χ1v) is 10.2. The number of carbonyl (C=O) groups excluding carboxylic acids is 1. The zero-order chi connectivity index (χ0) is 20.5. The van der Waals surface area contributed by atoms with E-state index >= 15 is 0 Å². The molecular formula is C16H13F3O6S2. The Morgan fingerprint density at radius 1 is 0.926 bits per heavy atom. The van der Waals surface area contributed by atoms with Crippen LogP contribution >= 0.6 is 0 Å². The number of hydrogen-bond acceptors (Lipinski definition) is 6. The highest BCUT2D eigenvalue weighted by Gasteiger charge is 2.52. The SMILES string of the molecule is Cc1ccc(C(=O)C(OS(=O)(=O)C(F)(F)F)S(=O)(=O)c2ccccc2)cc1. The number of ketones is 1. The molecule has 2 aromatic rings. The maximum Gasteiger partial charge on any atom is 0.523 e. The smallest absolute Gasteiger partial charge is 0.290 e. The highest BCUT2D eigenvalue weighted by atomic mass is 32.2. The van der Waals surface area contributed by atoms with E-state index in [1.54, 1.807) is 6.92 Å². The molecule has 1 atom stereocenters. The summed E-state index contributed by atoms with van der Waals surface area (Å²) < 4.78 is 89.9. The van der Waals surface area contributed by atoms with E-state index in [0.717, 1.165) is 24.3 Å². The molecule has 0 amide bonds. The monoisotopic (exact) mass is 422 g/mol. The first-order chi connectivity index (χ1) is 12.4.